The van der Waals surface area contributed by atoms with Crippen LogP contribution in [-0.2, 0) is 0 Å². The van der Waals surface area contributed by atoms with Crippen molar-refractivity contribution < 1.29 is 0 Å². The summed E-state index contributed by atoms with van der Waals surface area (Å²) in [4.78, 5) is 5.42. The second-order valence-corrected chi connectivity index (χ2v) is 7.53. The van der Waals surface area contributed by atoms with Gasteiger partial charge in [-0.1, -0.05) is 25.7 Å². The minimum atomic E-state index is 0.135. The van der Waals surface area contributed by atoms with Crippen LogP contribution < -0.4 is 5.73 Å². The molecule has 3 nitrogen and oxygen atoms in total. The van der Waals surface area contributed by atoms with Crippen molar-refractivity contribution in [3.63, 3.8) is 0 Å². The van der Waals surface area contributed by atoms with Gasteiger partial charge in [-0.05, 0) is 64.7 Å². The van der Waals surface area contributed by atoms with E-state index in [1.165, 1.54) is 90.4 Å². The summed E-state index contributed by atoms with van der Waals surface area (Å²) in [6, 6.07) is 0.867. The van der Waals surface area contributed by atoms with Crippen LogP contribution >= 0.6 is 0 Å². The Morgan fingerprint density at radius 3 is 2.05 bits per heavy atom. The highest BCUT2D eigenvalue weighted by molar-refractivity contribution is 4.92. The summed E-state index contributed by atoms with van der Waals surface area (Å²) >= 11 is 0. The first-order valence-electron chi connectivity index (χ1n) is 9.01. The Kier molecular flexibility index (Phi) is 5.00. The minimum absolute atomic E-state index is 0.135. The van der Waals surface area contributed by atoms with E-state index in [9.17, 15) is 0 Å². The standard InChI is InChI=1S/C17H33N3/c18-17(9-3-1-4-10-17)15-19-13-7-16(8-14-19)20-11-5-2-6-12-20/h16H,1-15,18H2. The lowest BCUT2D eigenvalue weighted by Gasteiger charge is -2.43. The molecule has 0 aromatic carbocycles. The predicted molar refractivity (Wildman–Crippen MR) is 84.9 cm³/mol. The molecule has 0 aromatic heterocycles. The molecule has 1 aliphatic carbocycles. The molecule has 2 aliphatic heterocycles. The van der Waals surface area contributed by atoms with Gasteiger partial charge in [0.15, 0.2) is 0 Å². The Hall–Kier alpha value is -0.120. The molecule has 0 aromatic rings. The molecule has 3 fully saturated rings. The van der Waals surface area contributed by atoms with Crippen LogP contribution in [0.5, 0.6) is 0 Å². The van der Waals surface area contributed by atoms with E-state index in [4.69, 9.17) is 5.73 Å². The molecule has 0 unspecified atom stereocenters. The summed E-state index contributed by atoms with van der Waals surface area (Å²) in [6.45, 7) is 6.41. The molecule has 2 heterocycles. The van der Waals surface area contributed by atoms with Crippen molar-refractivity contribution in [1.29, 1.82) is 0 Å². The first-order valence-corrected chi connectivity index (χ1v) is 9.01. The van der Waals surface area contributed by atoms with Crippen LogP contribution in [0, 0.1) is 0 Å². The van der Waals surface area contributed by atoms with Gasteiger partial charge in [0.05, 0.1) is 0 Å². The van der Waals surface area contributed by atoms with Gasteiger partial charge in [-0.15, -0.1) is 0 Å². The zero-order valence-electron chi connectivity index (χ0n) is 13.2. The van der Waals surface area contributed by atoms with Crippen LogP contribution in [0.3, 0.4) is 0 Å². The van der Waals surface area contributed by atoms with E-state index < -0.39 is 0 Å². The van der Waals surface area contributed by atoms with Crippen LogP contribution in [-0.4, -0.2) is 54.1 Å². The third-order valence-electron chi connectivity index (χ3n) is 5.85. The molecule has 1 saturated carbocycles. The molecule has 3 aliphatic rings. The van der Waals surface area contributed by atoms with Crippen molar-refractivity contribution in [3.8, 4) is 0 Å². The van der Waals surface area contributed by atoms with Gasteiger partial charge in [-0.25, -0.2) is 0 Å². The summed E-state index contributed by atoms with van der Waals surface area (Å²) in [6.07, 6.45) is 13.6. The number of nitrogens with two attached hydrogens (primary N) is 1. The lowest BCUT2D eigenvalue weighted by molar-refractivity contribution is 0.0759. The molecule has 3 rings (SSSR count). The maximum Gasteiger partial charge on any atom is 0.0283 e. The summed E-state index contributed by atoms with van der Waals surface area (Å²) in [5.74, 6) is 0. The number of hydrogen-bond acceptors (Lipinski definition) is 3. The zero-order chi connectivity index (χ0) is 13.8. The third kappa shape index (κ3) is 3.75. The van der Waals surface area contributed by atoms with Gasteiger partial charge in [0.25, 0.3) is 0 Å². The van der Waals surface area contributed by atoms with Crippen molar-refractivity contribution >= 4 is 0 Å². The van der Waals surface area contributed by atoms with Crippen molar-refractivity contribution in [2.45, 2.75) is 75.8 Å². The van der Waals surface area contributed by atoms with E-state index >= 15 is 0 Å². The number of piperidine rings is 2. The fraction of sp³-hybridized carbons (Fsp3) is 1.00. The molecular weight excluding hydrogens is 246 g/mol. The van der Waals surface area contributed by atoms with E-state index in [1.54, 1.807) is 0 Å². The molecule has 0 atom stereocenters. The lowest BCUT2D eigenvalue weighted by atomic mass is 9.82. The molecule has 0 amide bonds. The van der Waals surface area contributed by atoms with Gasteiger partial charge in [-0.3, -0.25) is 0 Å². The number of rotatable bonds is 3. The molecule has 0 spiro atoms. The van der Waals surface area contributed by atoms with Crippen LogP contribution in [0.4, 0.5) is 0 Å². The van der Waals surface area contributed by atoms with Gasteiger partial charge in [0.1, 0.15) is 0 Å². The minimum Gasteiger partial charge on any atom is -0.324 e. The molecule has 20 heavy (non-hydrogen) atoms. The van der Waals surface area contributed by atoms with Gasteiger partial charge >= 0.3 is 0 Å². The van der Waals surface area contributed by atoms with E-state index in [0.29, 0.717) is 0 Å². The Morgan fingerprint density at radius 2 is 1.40 bits per heavy atom. The number of likely N-dealkylation sites (tertiary alicyclic amines) is 2. The summed E-state index contributed by atoms with van der Waals surface area (Å²) in [5, 5.41) is 0. The molecule has 2 saturated heterocycles. The van der Waals surface area contributed by atoms with E-state index in [2.05, 4.69) is 9.80 Å². The Labute approximate surface area is 124 Å². The normalized spacial score (nSPS) is 30.4. The maximum atomic E-state index is 6.62. The van der Waals surface area contributed by atoms with Crippen LogP contribution in [0.1, 0.15) is 64.2 Å². The highest BCUT2D eigenvalue weighted by atomic mass is 15.2. The van der Waals surface area contributed by atoms with Gasteiger partial charge in [-0.2, -0.15) is 0 Å². The highest BCUT2D eigenvalue weighted by Gasteiger charge is 2.32. The van der Waals surface area contributed by atoms with Crippen LogP contribution in [0.15, 0.2) is 0 Å². The van der Waals surface area contributed by atoms with Crippen LogP contribution in [0.25, 0.3) is 0 Å². The lowest BCUT2D eigenvalue weighted by Crippen LogP contribution is -2.54. The second kappa shape index (κ2) is 6.76. The number of nitrogens with zero attached hydrogens (tertiary/aromatic N) is 2. The van der Waals surface area contributed by atoms with Crippen LogP contribution in [0.2, 0.25) is 0 Å². The van der Waals surface area contributed by atoms with E-state index in [0.717, 1.165) is 12.6 Å². The smallest absolute Gasteiger partial charge is 0.0283 e. The van der Waals surface area contributed by atoms with Crippen molar-refractivity contribution in [2.75, 3.05) is 32.7 Å². The fourth-order valence-electron chi connectivity index (χ4n) is 4.59. The van der Waals surface area contributed by atoms with Crippen molar-refractivity contribution in [3.05, 3.63) is 0 Å². The quantitative estimate of drug-likeness (QED) is 0.862. The molecular formula is C17H33N3. The molecule has 2 N–H and O–H groups in total. The largest absolute Gasteiger partial charge is 0.324 e. The Balaban J connectivity index is 1.43. The molecule has 116 valence electrons. The van der Waals surface area contributed by atoms with Gasteiger partial charge in [0.2, 0.25) is 0 Å². The summed E-state index contributed by atoms with van der Waals surface area (Å²) in [7, 11) is 0. The SMILES string of the molecule is NC1(CN2CCC(N3CCCCC3)CC2)CCCCC1. The third-order valence-corrected chi connectivity index (χ3v) is 5.85. The molecule has 0 radical (unpaired) electrons. The average Bonchev–Trinajstić information content (AvgIpc) is 2.49. The fourth-order valence-corrected chi connectivity index (χ4v) is 4.59. The van der Waals surface area contributed by atoms with Crippen molar-refractivity contribution in [2.24, 2.45) is 5.73 Å². The van der Waals surface area contributed by atoms with E-state index in [1.807, 2.05) is 0 Å². The van der Waals surface area contributed by atoms with Gasteiger partial charge in [0, 0.05) is 18.1 Å². The Bertz CT molecular complexity index is 285. The topological polar surface area (TPSA) is 32.5 Å². The monoisotopic (exact) mass is 279 g/mol. The number of hydrogen-bond donors (Lipinski definition) is 1. The average molecular weight is 279 g/mol. The maximum absolute atomic E-state index is 6.62. The highest BCUT2D eigenvalue weighted by Crippen LogP contribution is 2.28. The zero-order valence-corrected chi connectivity index (χ0v) is 13.2. The molecule has 0 bridgehead atoms. The van der Waals surface area contributed by atoms with E-state index in [-0.39, 0.29) is 5.54 Å². The second-order valence-electron chi connectivity index (χ2n) is 7.53. The summed E-state index contributed by atoms with van der Waals surface area (Å²) in [5.41, 5.74) is 6.75. The Morgan fingerprint density at radius 1 is 0.800 bits per heavy atom. The van der Waals surface area contributed by atoms with Crippen molar-refractivity contribution in [1.82, 2.24) is 9.80 Å². The van der Waals surface area contributed by atoms with Gasteiger partial charge < -0.3 is 15.5 Å². The predicted octanol–water partition coefficient (Wildman–Crippen LogP) is 2.60. The summed E-state index contributed by atoms with van der Waals surface area (Å²) < 4.78 is 0. The molecule has 3 heteroatoms. The first kappa shape index (κ1) is 14.8. The first-order chi connectivity index (χ1) is 9.75.